The summed E-state index contributed by atoms with van der Waals surface area (Å²) in [6, 6.07) is 6.88. The number of ether oxygens (including phenoxy) is 1. The number of aromatic carboxylic acids is 1. The standard InChI is InChI=1S/C19H16ClNO4S/c20-13-8-6-12(7-9-13)18-17(19(23)24)15(11-26-18)21-16(22)10-25-14-4-2-1-3-5-14/h2,4-9,11H,1,3,10H2,(H,21,22)(H,23,24). The largest absolute Gasteiger partial charge is 0.484 e. The molecule has 7 heteroatoms. The number of benzene rings is 1. The normalized spacial score (nSPS) is 13.2. The van der Waals surface area contributed by atoms with Gasteiger partial charge in [-0.3, -0.25) is 4.79 Å². The molecule has 0 fully saturated rings. The van der Waals surface area contributed by atoms with Crippen LogP contribution < -0.4 is 5.32 Å². The summed E-state index contributed by atoms with van der Waals surface area (Å²) in [5, 5.41) is 14.4. The van der Waals surface area contributed by atoms with Gasteiger partial charge in [0.05, 0.1) is 10.6 Å². The molecular formula is C19H16ClNO4S. The van der Waals surface area contributed by atoms with Crippen LogP contribution in [0.15, 0.2) is 53.6 Å². The van der Waals surface area contributed by atoms with Gasteiger partial charge in [-0.25, -0.2) is 4.79 Å². The molecule has 1 aromatic carbocycles. The monoisotopic (exact) mass is 389 g/mol. The number of hydrogen-bond donors (Lipinski definition) is 2. The van der Waals surface area contributed by atoms with Crippen LogP contribution in [0.25, 0.3) is 10.4 Å². The van der Waals surface area contributed by atoms with E-state index < -0.39 is 11.9 Å². The Morgan fingerprint density at radius 3 is 2.65 bits per heavy atom. The molecule has 0 aliphatic heterocycles. The van der Waals surface area contributed by atoms with E-state index >= 15 is 0 Å². The number of carbonyl (C=O) groups excluding carboxylic acids is 1. The van der Waals surface area contributed by atoms with Crippen molar-refractivity contribution in [3.05, 3.63) is 64.2 Å². The van der Waals surface area contributed by atoms with Crippen LogP contribution in [-0.4, -0.2) is 23.6 Å². The number of hydrogen-bond acceptors (Lipinski definition) is 4. The lowest BCUT2D eigenvalue weighted by Crippen LogP contribution is -2.19. The van der Waals surface area contributed by atoms with Gasteiger partial charge in [-0.1, -0.05) is 29.8 Å². The molecule has 0 saturated carbocycles. The lowest BCUT2D eigenvalue weighted by Gasteiger charge is -2.10. The van der Waals surface area contributed by atoms with Crippen molar-refractivity contribution in [2.24, 2.45) is 0 Å². The Balaban J connectivity index is 1.74. The third-order valence-electron chi connectivity index (χ3n) is 3.72. The highest BCUT2D eigenvalue weighted by atomic mass is 35.5. The second-order valence-corrected chi connectivity index (χ2v) is 6.90. The Kier molecular flexibility index (Phi) is 5.75. The number of carboxylic acids is 1. The molecule has 0 bridgehead atoms. The van der Waals surface area contributed by atoms with E-state index in [4.69, 9.17) is 16.3 Å². The van der Waals surface area contributed by atoms with Crippen LogP contribution in [0.4, 0.5) is 5.69 Å². The van der Waals surface area contributed by atoms with Crippen molar-refractivity contribution < 1.29 is 19.4 Å². The highest BCUT2D eigenvalue weighted by Gasteiger charge is 2.21. The fourth-order valence-corrected chi connectivity index (χ4v) is 3.63. The first-order chi connectivity index (χ1) is 12.5. The maximum Gasteiger partial charge on any atom is 0.339 e. The van der Waals surface area contributed by atoms with Gasteiger partial charge in [0, 0.05) is 10.4 Å². The number of carbonyl (C=O) groups is 2. The molecular weight excluding hydrogens is 374 g/mol. The van der Waals surface area contributed by atoms with Crippen molar-refractivity contribution in [1.82, 2.24) is 0 Å². The Bertz CT molecular complexity index is 883. The smallest absolute Gasteiger partial charge is 0.339 e. The molecule has 134 valence electrons. The van der Waals surface area contributed by atoms with Crippen molar-refractivity contribution in [3.8, 4) is 10.4 Å². The van der Waals surface area contributed by atoms with E-state index in [-0.39, 0.29) is 17.9 Å². The number of carboxylic acid groups (broad SMARTS) is 1. The zero-order chi connectivity index (χ0) is 18.5. The first kappa shape index (κ1) is 18.2. The number of allylic oxidation sites excluding steroid dienone is 3. The molecule has 1 aliphatic carbocycles. The van der Waals surface area contributed by atoms with E-state index in [0.29, 0.717) is 15.7 Å². The zero-order valence-electron chi connectivity index (χ0n) is 13.7. The van der Waals surface area contributed by atoms with Crippen LogP contribution in [0.2, 0.25) is 5.02 Å². The maximum absolute atomic E-state index is 12.1. The number of rotatable bonds is 6. The molecule has 0 saturated heterocycles. The van der Waals surface area contributed by atoms with Gasteiger partial charge in [0.2, 0.25) is 0 Å². The van der Waals surface area contributed by atoms with Gasteiger partial charge >= 0.3 is 5.97 Å². The molecule has 0 radical (unpaired) electrons. The van der Waals surface area contributed by atoms with Crippen molar-refractivity contribution in [2.75, 3.05) is 11.9 Å². The molecule has 1 aliphatic rings. The Morgan fingerprint density at radius 1 is 1.23 bits per heavy atom. The highest BCUT2D eigenvalue weighted by Crippen LogP contribution is 2.36. The predicted molar refractivity (Wildman–Crippen MR) is 103 cm³/mol. The number of thiophene rings is 1. The molecule has 26 heavy (non-hydrogen) atoms. The summed E-state index contributed by atoms with van der Waals surface area (Å²) in [6.45, 7) is -0.179. The average molecular weight is 390 g/mol. The summed E-state index contributed by atoms with van der Waals surface area (Å²) in [5.74, 6) is -0.866. The molecule has 2 aromatic rings. The molecule has 5 nitrogen and oxygen atoms in total. The molecule has 0 atom stereocenters. The molecule has 0 unspecified atom stereocenters. The van der Waals surface area contributed by atoms with Crippen LogP contribution in [0, 0.1) is 0 Å². The zero-order valence-corrected chi connectivity index (χ0v) is 15.3. The first-order valence-corrected chi connectivity index (χ1v) is 9.20. The summed E-state index contributed by atoms with van der Waals surface area (Å²) in [6.07, 6.45) is 7.56. The molecule has 0 spiro atoms. The van der Waals surface area contributed by atoms with Crippen molar-refractivity contribution >= 4 is 40.5 Å². The third kappa shape index (κ3) is 4.33. The molecule has 3 rings (SSSR count). The number of halogens is 1. The van der Waals surface area contributed by atoms with Gasteiger partial charge in [0.1, 0.15) is 11.3 Å². The minimum Gasteiger partial charge on any atom is -0.484 e. The third-order valence-corrected chi connectivity index (χ3v) is 5.00. The van der Waals surface area contributed by atoms with E-state index in [1.165, 1.54) is 11.3 Å². The van der Waals surface area contributed by atoms with Crippen molar-refractivity contribution in [3.63, 3.8) is 0 Å². The van der Waals surface area contributed by atoms with Gasteiger partial charge in [-0.15, -0.1) is 11.3 Å². The molecule has 1 amide bonds. The number of anilines is 1. The SMILES string of the molecule is O=C(COC1=CCCC=C1)Nc1csc(-c2ccc(Cl)cc2)c1C(=O)O. The summed E-state index contributed by atoms with van der Waals surface area (Å²) in [7, 11) is 0. The highest BCUT2D eigenvalue weighted by molar-refractivity contribution is 7.14. The van der Waals surface area contributed by atoms with E-state index in [1.807, 2.05) is 18.2 Å². The second-order valence-electron chi connectivity index (χ2n) is 5.59. The van der Waals surface area contributed by atoms with Gasteiger partial charge < -0.3 is 15.2 Å². The van der Waals surface area contributed by atoms with Crippen LogP contribution >= 0.6 is 22.9 Å². The Hall–Kier alpha value is -2.57. The summed E-state index contributed by atoms with van der Waals surface area (Å²) >= 11 is 7.13. The number of nitrogens with one attached hydrogen (secondary N) is 1. The Labute approximate surface area is 159 Å². The summed E-state index contributed by atoms with van der Waals surface area (Å²) < 4.78 is 5.43. The van der Waals surface area contributed by atoms with E-state index in [9.17, 15) is 14.7 Å². The minimum absolute atomic E-state index is 0.0578. The topological polar surface area (TPSA) is 75.6 Å². The van der Waals surface area contributed by atoms with Crippen molar-refractivity contribution in [2.45, 2.75) is 12.8 Å². The maximum atomic E-state index is 12.1. The van der Waals surface area contributed by atoms with E-state index in [2.05, 4.69) is 5.32 Å². The van der Waals surface area contributed by atoms with Crippen LogP contribution in [0.3, 0.4) is 0 Å². The van der Waals surface area contributed by atoms with Crippen LogP contribution in [0.5, 0.6) is 0 Å². The molecule has 1 heterocycles. The van der Waals surface area contributed by atoms with Crippen LogP contribution in [0.1, 0.15) is 23.2 Å². The lowest BCUT2D eigenvalue weighted by molar-refractivity contribution is -0.119. The minimum atomic E-state index is -1.11. The lowest BCUT2D eigenvalue weighted by atomic mass is 10.1. The van der Waals surface area contributed by atoms with Gasteiger partial charge in [-0.05, 0) is 42.7 Å². The van der Waals surface area contributed by atoms with E-state index in [0.717, 1.165) is 18.4 Å². The van der Waals surface area contributed by atoms with E-state index in [1.54, 1.807) is 29.6 Å². The van der Waals surface area contributed by atoms with Crippen molar-refractivity contribution in [1.29, 1.82) is 0 Å². The quantitative estimate of drug-likeness (QED) is 0.732. The second kappa shape index (κ2) is 8.21. The fraction of sp³-hybridized carbons (Fsp3) is 0.158. The van der Waals surface area contributed by atoms with Gasteiger partial charge in [0.25, 0.3) is 5.91 Å². The number of amides is 1. The summed E-state index contributed by atoms with van der Waals surface area (Å²) in [5.41, 5.74) is 1.04. The average Bonchev–Trinajstić information content (AvgIpc) is 3.05. The van der Waals surface area contributed by atoms with Crippen LogP contribution in [-0.2, 0) is 9.53 Å². The molecule has 1 aromatic heterocycles. The fourth-order valence-electron chi connectivity index (χ4n) is 2.51. The first-order valence-electron chi connectivity index (χ1n) is 7.94. The van der Waals surface area contributed by atoms with Gasteiger partial charge in [-0.2, -0.15) is 0 Å². The van der Waals surface area contributed by atoms with Gasteiger partial charge in [0.15, 0.2) is 6.61 Å². The Morgan fingerprint density at radius 2 is 2.00 bits per heavy atom. The summed E-state index contributed by atoms with van der Waals surface area (Å²) in [4.78, 5) is 24.4. The predicted octanol–water partition coefficient (Wildman–Crippen LogP) is 4.96. The molecule has 2 N–H and O–H groups in total.